The first-order valence-electron chi connectivity index (χ1n) is 8.04. The van der Waals surface area contributed by atoms with E-state index in [9.17, 15) is 9.59 Å². The van der Waals surface area contributed by atoms with Crippen LogP contribution in [0.2, 0.25) is 0 Å². The smallest absolute Gasteiger partial charge is 0.255 e. The monoisotopic (exact) mass is 328 g/mol. The summed E-state index contributed by atoms with van der Waals surface area (Å²) >= 11 is 0. The van der Waals surface area contributed by atoms with Crippen molar-refractivity contribution in [3.8, 4) is 0 Å². The second kappa shape index (κ2) is 7.34. The normalized spacial score (nSPS) is 10.8. The average Bonchev–Trinajstić information content (AvgIpc) is 2.79. The molecule has 0 saturated carbocycles. The Kier molecular flexibility index (Phi) is 5.44. The van der Waals surface area contributed by atoms with Crippen LogP contribution in [-0.2, 0) is 11.3 Å². The quantitative estimate of drug-likeness (QED) is 0.878. The van der Waals surface area contributed by atoms with Crippen LogP contribution >= 0.6 is 0 Å². The molecule has 0 unspecified atom stereocenters. The summed E-state index contributed by atoms with van der Waals surface area (Å²) in [6, 6.07) is 7.44. The predicted octanol–water partition coefficient (Wildman–Crippen LogP) is 3.73. The standard InChI is InChI=1S/C19H24N2O3/c1-11(2)18(22)21-16-8-6-15(7-9-16)10-20-19(23)17-12(3)13(4)24-14(17)5/h6-9,11H,10H2,1-5H3,(H,20,23)(H,21,22). The molecule has 0 aliphatic carbocycles. The first-order valence-corrected chi connectivity index (χ1v) is 8.04. The molecular formula is C19H24N2O3. The van der Waals surface area contributed by atoms with Gasteiger partial charge in [-0.3, -0.25) is 9.59 Å². The number of benzene rings is 1. The Labute approximate surface area is 142 Å². The Balaban J connectivity index is 1.97. The fraction of sp³-hybridized carbons (Fsp3) is 0.368. The minimum atomic E-state index is -0.140. The predicted molar refractivity (Wildman–Crippen MR) is 94.0 cm³/mol. The van der Waals surface area contributed by atoms with Gasteiger partial charge in [0.15, 0.2) is 0 Å². The van der Waals surface area contributed by atoms with E-state index < -0.39 is 0 Å². The lowest BCUT2D eigenvalue weighted by Gasteiger charge is -2.09. The average molecular weight is 328 g/mol. The highest BCUT2D eigenvalue weighted by Gasteiger charge is 2.18. The molecule has 2 amide bonds. The van der Waals surface area contributed by atoms with Gasteiger partial charge < -0.3 is 15.1 Å². The fourth-order valence-electron chi connectivity index (χ4n) is 2.39. The lowest BCUT2D eigenvalue weighted by molar-refractivity contribution is -0.118. The van der Waals surface area contributed by atoms with Gasteiger partial charge in [-0.05, 0) is 38.5 Å². The number of carbonyl (C=O) groups excluding carboxylic acids is 2. The molecule has 2 N–H and O–H groups in total. The van der Waals surface area contributed by atoms with E-state index in [1.165, 1.54) is 0 Å². The first-order chi connectivity index (χ1) is 11.3. The van der Waals surface area contributed by atoms with Crippen molar-refractivity contribution < 1.29 is 14.0 Å². The molecule has 0 spiro atoms. The molecule has 5 nitrogen and oxygen atoms in total. The van der Waals surface area contributed by atoms with Gasteiger partial charge in [0.1, 0.15) is 11.5 Å². The zero-order valence-corrected chi connectivity index (χ0v) is 14.8. The lowest BCUT2D eigenvalue weighted by atomic mass is 10.1. The summed E-state index contributed by atoms with van der Waals surface area (Å²) in [7, 11) is 0. The molecule has 0 radical (unpaired) electrons. The Morgan fingerprint density at radius 3 is 2.17 bits per heavy atom. The van der Waals surface area contributed by atoms with Crippen molar-refractivity contribution in [3.05, 3.63) is 52.5 Å². The van der Waals surface area contributed by atoms with E-state index in [0.717, 1.165) is 22.6 Å². The molecule has 0 aliphatic heterocycles. The van der Waals surface area contributed by atoms with Gasteiger partial charge in [-0.25, -0.2) is 0 Å². The van der Waals surface area contributed by atoms with Gasteiger partial charge in [-0.1, -0.05) is 26.0 Å². The number of amides is 2. The van der Waals surface area contributed by atoms with Crippen LogP contribution in [0.4, 0.5) is 5.69 Å². The van der Waals surface area contributed by atoms with E-state index in [1.807, 2.05) is 52.0 Å². The number of hydrogen-bond donors (Lipinski definition) is 2. The zero-order valence-electron chi connectivity index (χ0n) is 14.8. The Bertz CT molecular complexity index is 743. The number of hydrogen-bond acceptors (Lipinski definition) is 3. The van der Waals surface area contributed by atoms with Gasteiger partial charge in [-0.2, -0.15) is 0 Å². The molecule has 1 aromatic carbocycles. The van der Waals surface area contributed by atoms with Gasteiger partial charge in [0, 0.05) is 23.7 Å². The summed E-state index contributed by atoms with van der Waals surface area (Å²) in [5, 5.41) is 5.74. The van der Waals surface area contributed by atoms with Crippen molar-refractivity contribution >= 4 is 17.5 Å². The van der Waals surface area contributed by atoms with Crippen LogP contribution in [0.15, 0.2) is 28.7 Å². The second-order valence-electron chi connectivity index (χ2n) is 6.24. The van der Waals surface area contributed by atoms with E-state index in [4.69, 9.17) is 4.42 Å². The molecular weight excluding hydrogens is 304 g/mol. The molecule has 1 aromatic heterocycles. The van der Waals surface area contributed by atoms with Crippen LogP contribution in [0.3, 0.4) is 0 Å². The third-order valence-electron chi connectivity index (χ3n) is 3.99. The van der Waals surface area contributed by atoms with Gasteiger partial charge in [-0.15, -0.1) is 0 Å². The Morgan fingerprint density at radius 1 is 1.04 bits per heavy atom. The van der Waals surface area contributed by atoms with Crippen LogP contribution in [-0.4, -0.2) is 11.8 Å². The molecule has 0 bridgehead atoms. The molecule has 5 heteroatoms. The van der Waals surface area contributed by atoms with E-state index in [2.05, 4.69) is 10.6 Å². The SMILES string of the molecule is Cc1oc(C)c(C(=O)NCc2ccc(NC(=O)C(C)C)cc2)c1C. The maximum atomic E-state index is 12.3. The number of furan rings is 1. The van der Waals surface area contributed by atoms with Crippen LogP contribution in [0.1, 0.15) is 46.9 Å². The molecule has 2 aromatic rings. The van der Waals surface area contributed by atoms with Crippen LogP contribution in [0.5, 0.6) is 0 Å². The summed E-state index contributed by atoms with van der Waals surface area (Å²) < 4.78 is 5.49. The molecule has 128 valence electrons. The highest BCUT2D eigenvalue weighted by molar-refractivity contribution is 5.96. The fourth-order valence-corrected chi connectivity index (χ4v) is 2.39. The van der Waals surface area contributed by atoms with Crippen LogP contribution in [0, 0.1) is 26.7 Å². The van der Waals surface area contributed by atoms with Crippen LogP contribution < -0.4 is 10.6 Å². The van der Waals surface area contributed by atoms with Crippen molar-refractivity contribution in [3.63, 3.8) is 0 Å². The summed E-state index contributed by atoms with van der Waals surface area (Å²) in [6.45, 7) is 9.64. The topological polar surface area (TPSA) is 71.3 Å². The summed E-state index contributed by atoms with van der Waals surface area (Å²) in [5.41, 5.74) is 3.19. The minimum absolute atomic E-state index is 0.0164. The highest BCUT2D eigenvalue weighted by Crippen LogP contribution is 2.20. The van der Waals surface area contributed by atoms with E-state index in [-0.39, 0.29) is 17.7 Å². The van der Waals surface area contributed by atoms with E-state index in [0.29, 0.717) is 17.9 Å². The Morgan fingerprint density at radius 2 is 1.67 bits per heavy atom. The van der Waals surface area contributed by atoms with Crippen molar-refractivity contribution in [1.29, 1.82) is 0 Å². The van der Waals surface area contributed by atoms with Crippen molar-refractivity contribution in [2.45, 2.75) is 41.2 Å². The third-order valence-corrected chi connectivity index (χ3v) is 3.99. The van der Waals surface area contributed by atoms with Crippen LogP contribution in [0.25, 0.3) is 0 Å². The number of nitrogens with one attached hydrogen (secondary N) is 2. The van der Waals surface area contributed by atoms with Gasteiger partial charge in [0.05, 0.1) is 5.56 Å². The Hall–Kier alpha value is -2.56. The molecule has 1 heterocycles. The molecule has 24 heavy (non-hydrogen) atoms. The maximum absolute atomic E-state index is 12.3. The third kappa shape index (κ3) is 4.04. The highest BCUT2D eigenvalue weighted by atomic mass is 16.3. The first kappa shape index (κ1) is 17.8. The van der Waals surface area contributed by atoms with Gasteiger partial charge in [0.2, 0.25) is 5.91 Å². The lowest BCUT2D eigenvalue weighted by Crippen LogP contribution is -2.23. The summed E-state index contributed by atoms with van der Waals surface area (Å²) in [6.07, 6.45) is 0. The van der Waals surface area contributed by atoms with Gasteiger partial charge >= 0.3 is 0 Å². The molecule has 2 rings (SSSR count). The largest absolute Gasteiger partial charge is 0.466 e. The van der Waals surface area contributed by atoms with E-state index >= 15 is 0 Å². The molecule has 0 fully saturated rings. The number of anilines is 1. The maximum Gasteiger partial charge on any atom is 0.255 e. The van der Waals surface area contributed by atoms with Crippen molar-refractivity contribution in [1.82, 2.24) is 5.32 Å². The minimum Gasteiger partial charge on any atom is -0.466 e. The molecule has 0 aliphatic rings. The second-order valence-corrected chi connectivity index (χ2v) is 6.24. The summed E-state index contributed by atoms with van der Waals surface area (Å²) in [4.78, 5) is 24.0. The van der Waals surface area contributed by atoms with Gasteiger partial charge in [0.25, 0.3) is 5.91 Å². The number of aryl methyl sites for hydroxylation is 2. The number of rotatable bonds is 5. The van der Waals surface area contributed by atoms with Crippen molar-refractivity contribution in [2.24, 2.45) is 5.92 Å². The van der Waals surface area contributed by atoms with Crippen molar-refractivity contribution in [2.75, 3.05) is 5.32 Å². The molecule has 0 atom stereocenters. The van der Waals surface area contributed by atoms with E-state index in [1.54, 1.807) is 6.92 Å². The summed E-state index contributed by atoms with van der Waals surface area (Å²) in [5.74, 6) is 1.18. The molecule has 0 saturated heterocycles. The number of carbonyl (C=O) groups is 2. The zero-order chi connectivity index (χ0) is 17.9.